The van der Waals surface area contributed by atoms with E-state index in [9.17, 15) is 9.59 Å². The lowest BCUT2D eigenvalue weighted by atomic mass is 10.1. The van der Waals surface area contributed by atoms with Crippen molar-refractivity contribution in [2.45, 2.75) is 20.3 Å². The summed E-state index contributed by atoms with van der Waals surface area (Å²) in [5.41, 5.74) is 1.56. The third-order valence-electron chi connectivity index (χ3n) is 3.58. The minimum absolute atomic E-state index is 0.0510. The number of carbonyl (C=O) groups excluding carboxylic acids is 2. The number of ether oxygens (including phenoxy) is 1. The first-order valence-electron chi connectivity index (χ1n) is 7.56. The van der Waals surface area contributed by atoms with Crippen molar-refractivity contribution >= 4 is 68.7 Å². The van der Waals surface area contributed by atoms with E-state index in [0.29, 0.717) is 22.0 Å². The molecule has 2 aromatic rings. The predicted molar refractivity (Wildman–Crippen MR) is 110 cm³/mol. The Labute approximate surface area is 170 Å². The molecule has 0 aliphatic carbocycles. The molecule has 0 spiro atoms. The second kappa shape index (κ2) is 8.81. The van der Waals surface area contributed by atoms with Gasteiger partial charge in [0.05, 0.1) is 23.3 Å². The van der Waals surface area contributed by atoms with Crippen LogP contribution < -0.4 is 10.6 Å². The molecule has 5 nitrogen and oxygen atoms in total. The maximum absolute atomic E-state index is 12.3. The molecule has 0 unspecified atom stereocenters. The molecule has 0 aliphatic rings. The van der Waals surface area contributed by atoms with Crippen LogP contribution in [0.2, 0.25) is 10.0 Å². The molecule has 1 amide bonds. The Kier molecular flexibility index (Phi) is 7.00. The molecule has 0 bridgehead atoms. The zero-order valence-electron chi connectivity index (χ0n) is 14.2. The van der Waals surface area contributed by atoms with Crippen LogP contribution in [-0.4, -0.2) is 24.1 Å². The molecule has 138 valence electrons. The molecule has 1 aromatic carbocycles. The van der Waals surface area contributed by atoms with Crippen LogP contribution in [0.5, 0.6) is 0 Å². The summed E-state index contributed by atoms with van der Waals surface area (Å²) >= 11 is 18.4. The third kappa shape index (κ3) is 4.54. The fourth-order valence-electron chi connectivity index (χ4n) is 2.39. The van der Waals surface area contributed by atoms with Gasteiger partial charge in [0, 0.05) is 9.90 Å². The van der Waals surface area contributed by atoms with Gasteiger partial charge < -0.3 is 10.1 Å². The number of carbonyl (C=O) groups is 2. The van der Waals surface area contributed by atoms with Gasteiger partial charge >= 0.3 is 5.97 Å². The Morgan fingerprint density at radius 3 is 2.58 bits per heavy atom. The molecule has 0 saturated heterocycles. The monoisotopic (exact) mass is 430 g/mol. The summed E-state index contributed by atoms with van der Waals surface area (Å²) in [7, 11) is 1.32. The number of hydrogen-bond acceptors (Lipinski definition) is 5. The summed E-state index contributed by atoms with van der Waals surface area (Å²) in [5.74, 6) is -0.934. The van der Waals surface area contributed by atoms with Gasteiger partial charge in [0.15, 0.2) is 5.11 Å². The highest BCUT2D eigenvalue weighted by molar-refractivity contribution is 7.80. The quantitative estimate of drug-likeness (QED) is 0.536. The number of esters is 1. The van der Waals surface area contributed by atoms with Gasteiger partial charge in [-0.15, -0.1) is 11.3 Å². The number of anilines is 1. The van der Waals surface area contributed by atoms with Gasteiger partial charge in [-0.2, -0.15) is 0 Å². The van der Waals surface area contributed by atoms with E-state index >= 15 is 0 Å². The first-order chi connectivity index (χ1) is 12.3. The van der Waals surface area contributed by atoms with Gasteiger partial charge in [-0.1, -0.05) is 30.1 Å². The smallest absolute Gasteiger partial charge is 0.341 e. The number of methoxy groups -OCH3 is 1. The minimum atomic E-state index is -0.479. The minimum Gasteiger partial charge on any atom is -0.465 e. The zero-order chi connectivity index (χ0) is 19.4. The van der Waals surface area contributed by atoms with E-state index < -0.39 is 11.9 Å². The zero-order valence-corrected chi connectivity index (χ0v) is 17.4. The second-order valence-electron chi connectivity index (χ2n) is 5.22. The van der Waals surface area contributed by atoms with Gasteiger partial charge in [-0.25, -0.2) is 4.79 Å². The Bertz CT molecular complexity index is 881. The van der Waals surface area contributed by atoms with Gasteiger partial charge in [0.2, 0.25) is 0 Å². The lowest BCUT2D eigenvalue weighted by Gasteiger charge is -2.11. The lowest BCUT2D eigenvalue weighted by Crippen LogP contribution is -2.34. The molecule has 0 atom stereocenters. The van der Waals surface area contributed by atoms with Crippen molar-refractivity contribution in [1.29, 1.82) is 0 Å². The topological polar surface area (TPSA) is 67.4 Å². The summed E-state index contributed by atoms with van der Waals surface area (Å²) in [6, 6.07) is 4.54. The number of benzene rings is 1. The van der Waals surface area contributed by atoms with Gasteiger partial charge in [0.1, 0.15) is 5.00 Å². The number of thiophene rings is 1. The molecule has 0 saturated carbocycles. The molecule has 1 heterocycles. The first-order valence-corrected chi connectivity index (χ1v) is 9.54. The van der Waals surface area contributed by atoms with E-state index in [1.54, 1.807) is 6.07 Å². The van der Waals surface area contributed by atoms with Gasteiger partial charge in [-0.3, -0.25) is 10.1 Å². The van der Waals surface area contributed by atoms with Crippen molar-refractivity contribution < 1.29 is 14.3 Å². The Morgan fingerprint density at radius 1 is 1.31 bits per heavy atom. The molecule has 0 aliphatic heterocycles. The fraction of sp³-hybridized carbons (Fsp3) is 0.235. The van der Waals surface area contributed by atoms with E-state index in [2.05, 4.69) is 10.6 Å². The van der Waals surface area contributed by atoms with Crippen LogP contribution in [0.4, 0.5) is 5.00 Å². The summed E-state index contributed by atoms with van der Waals surface area (Å²) in [6.07, 6.45) is 0.675. The number of thiocarbonyl (C=S) groups is 1. The fourth-order valence-corrected chi connectivity index (χ4v) is 4.28. The highest BCUT2D eigenvalue weighted by Gasteiger charge is 2.23. The molecule has 9 heteroatoms. The van der Waals surface area contributed by atoms with Gasteiger partial charge in [0.25, 0.3) is 5.91 Å². The predicted octanol–water partition coefficient (Wildman–Crippen LogP) is 4.84. The Hall–Kier alpha value is -1.67. The van der Waals surface area contributed by atoms with Crippen molar-refractivity contribution in [1.82, 2.24) is 5.32 Å². The largest absolute Gasteiger partial charge is 0.465 e. The number of rotatable bonds is 4. The average Bonchev–Trinajstić information content (AvgIpc) is 2.88. The normalized spacial score (nSPS) is 10.3. The van der Waals surface area contributed by atoms with Crippen molar-refractivity contribution in [3.63, 3.8) is 0 Å². The summed E-state index contributed by atoms with van der Waals surface area (Å²) in [5, 5.41) is 6.67. The molecule has 26 heavy (non-hydrogen) atoms. The number of aryl methyl sites for hydroxylation is 1. The highest BCUT2D eigenvalue weighted by atomic mass is 35.5. The van der Waals surface area contributed by atoms with E-state index in [-0.39, 0.29) is 15.7 Å². The van der Waals surface area contributed by atoms with Crippen LogP contribution in [0.1, 0.15) is 38.1 Å². The molecule has 2 rings (SSSR count). The average molecular weight is 431 g/mol. The SMILES string of the molecule is CCc1c(C)sc(NC(=S)NC(=O)c2ccc(Cl)cc2Cl)c1C(=O)OC. The van der Waals surface area contributed by atoms with E-state index in [1.807, 2.05) is 13.8 Å². The molecule has 1 aromatic heterocycles. The van der Waals surface area contributed by atoms with Crippen LogP contribution in [0.15, 0.2) is 18.2 Å². The van der Waals surface area contributed by atoms with E-state index in [4.69, 9.17) is 40.2 Å². The Morgan fingerprint density at radius 2 is 2.00 bits per heavy atom. The van der Waals surface area contributed by atoms with Crippen LogP contribution in [0.3, 0.4) is 0 Å². The first kappa shape index (κ1) is 20.6. The van der Waals surface area contributed by atoms with E-state index in [1.165, 1.54) is 30.6 Å². The Balaban J connectivity index is 2.20. The van der Waals surface area contributed by atoms with Crippen molar-refractivity contribution in [2.24, 2.45) is 0 Å². The molecular formula is C17H16Cl2N2O3S2. The van der Waals surface area contributed by atoms with Crippen molar-refractivity contribution in [3.8, 4) is 0 Å². The van der Waals surface area contributed by atoms with Crippen LogP contribution in [-0.2, 0) is 11.2 Å². The van der Waals surface area contributed by atoms with Crippen LogP contribution in [0, 0.1) is 6.92 Å². The van der Waals surface area contributed by atoms with Crippen LogP contribution >= 0.6 is 46.8 Å². The van der Waals surface area contributed by atoms with Crippen LogP contribution in [0.25, 0.3) is 0 Å². The third-order valence-corrected chi connectivity index (χ3v) is 5.40. The number of hydrogen-bond donors (Lipinski definition) is 2. The summed E-state index contributed by atoms with van der Waals surface area (Å²) < 4.78 is 4.86. The van der Waals surface area contributed by atoms with Gasteiger partial charge in [-0.05, 0) is 49.3 Å². The number of nitrogens with one attached hydrogen (secondary N) is 2. The number of halogens is 2. The molecule has 0 fully saturated rings. The summed E-state index contributed by atoms with van der Waals surface area (Å²) in [6.45, 7) is 3.87. The maximum Gasteiger partial charge on any atom is 0.341 e. The molecular weight excluding hydrogens is 415 g/mol. The van der Waals surface area contributed by atoms with Crippen molar-refractivity contribution in [2.75, 3.05) is 12.4 Å². The molecule has 0 radical (unpaired) electrons. The highest BCUT2D eigenvalue weighted by Crippen LogP contribution is 2.34. The maximum atomic E-state index is 12.3. The molecule has 2 N–H and O–H groups in total. The van der Waals surface area contributed by atoms with E-state index in [0.717, 1.165) is 10.4 Å². The summed E-state index contributed by atoms with van der Waals surface area (Å²) in [4.78, 5) is 25.4. The lowest BCUT2D eigenvalue weighted by molar-refractivity contribution is 0.0601. The number of amides is 1. The second-order valence-corrected chi connectivity index (χ2v) is 7.70. The van der Waals surface area contributed by atoms with Crippen molar-refractivity contribution in [3.05, 3.63) is 49.8 Å². The standard InChI is InChI=1S/C17H16Cl2N2O3S2/c1-4-10-8(2)26-15(13(10)16(23)24-3)21-17(25)20-14(22)11-6-5-9(18)7-12(11)19/h5-7H,4H2,1-3H3,(H2,20,21,22,25).